The third kappa shape index (κ3) is 6.23. The van der Waals surface area contributed by atoms with Crippen LogP contribution in [0.25, 0.3) is 0 Å². The molecule has 5 heteroatoms. The molecular weight excluding hydrogens is 344 g/mol. The number of amides is 2. The molecule has 0 aromatic heterocycles. The Morgan fingerprint density at radius 2 is 1.73 bits per heavy atom. The average molecular weight is 371 g/mol. The maximum atomic E-state index is 12.6. The minimum atomic E-state index is -0.165. The van der Waals surface area contributed by atoms with Crippen molar-refractivity contribution in [3.05, 3.63) is 59.7 Å². The summed E-state index contributed by atoms with van der Waals surface area (Å²) >= 11 is 1.50. The van der Waals surface area contributed by atoms with Crippen molar-refractivity contribution >= 4 is 29.3 Å². The number of rotatable bonds is 8. The van der Waals surface area contributed by atoms with E-state index in [0.29, 0.717) is 12.3 Å². The van der Waals surface area contributed by atoms with Crippen molar-refractivity contribution in [3.8, 4) is 0 Å². The Labute approximate surface area is 160 Å². The van der Waals surface area contributed by atoms with Gasteiger partial charge >= 0.3 is 0 Å². The lowest BCUT2D eigenvalue weighted by molar-refractivity contribution is -0.132. The second-order valence-corrected chi connectivity index (χ2v) is 7.33. The number of nitrogens with zero attached hydrogens (tertiary/aromatic N) is 1. The molecule has 2 aromatic carbocycles. The number of carbonyl (C=O) groups excluding carboxylic acids is 2. The fraction of sp³-hybridized carbons (Fsp3) is 0.333. The van der Waals surface area contributed by atoms with E-state index in [2.05, 4.69) is 5.32 Å². The van der Waals surface area contributed by atoms with Gasteiger partial charge in [-0.05, 0) is 44.0 Å². The minimum absolute atomic E-state index is 0.0163. The zero-order chi connectivity index (χ0) is 18.9. The van der Waals surface area contributed by atoms with Crippen LogP contribution in [-0.4, -0.2) is 35.6 Å². The van der Waals surface area contributed by atoms with Crippen molar-refractivity contribution in [1.29, 1.82) is 0 Å². The number of benzene rings is 2. The van der Waals surface area contributed by atoms with Gasteiger partial charge < -0.3 is 10.2 Å². The highest BCUT2D eigenvalue weighted by atomic mass is 32.2. The lowest BCUT2D eigenvalue weighted by atomic mass is 10.2. The molecule has 0 aliphatic heterocycles. The van der Waals surface area contributed by atoms with E-state index >= 15 is 0 Å². The Balaban J connectivity index is 1.91. The van der Waals surface area contributed by atoms with Crippen molar-refractivity contribution in [1.82, 2.24) is 4.90 Å². The summed E-state index contributed by atoms with van der Waals surface area (Å²) in [6, 6.07) is 15.7. The first-order valence-corrected chi connectivity index (χ1v) is 9.81. The predicted octanol–water partition coefficient (Wildman–Crippen LogP) is 4.27. The molecule has 0 radical (unpaired) electrons. The summed E-state index contributed by atoms with van der Waals surface area (Å²) in [6.45, 7) is 6.65. The second kappa shape index (κ2) is 10.0. The molecule has 0 saturated heterocycles. The maximum Gasteiger partial charge on any atom is 0.244 e. The number of aryl methyl sites for hydroxylation is 2. The van der Waals surface area contributed by atoms with Gasteiger partial charge in [0.25, 0.3) is 0 Å². The third-order valence-electron chi connectivity index (χ3n) is 3.98. The third-order valence-corrected chi connectivity index (χ3v) is 4.98. The summed E-state index contributed by atoms with van der Waals surface area (Å²) in [5.41, 5.74) is 2.99. The smallest absolute Gasteiger partial charge is 0.244 e. The van der Waals surface area contributed by atoms with Gasteiger partial charge in [0, 0.05) is 17.1 Å². The number of hydrogen-bond donors (Lipinski definition) is 1. The number of thioether (sulfide) groups is 1. The van der Waals surface area contributed by atoms with Gasteiger partial charge in [-0.2, -0.15) is 0 Å². The van der Waals surface area contributed by atoms with Gasteiger partial charge in [-0.3, -0.25) is 9.59 Å². The van der Waals surface area contributed by atoms with E-state index in [1.165, 1.54) is 17.3 Å². The SMILES string of the molecule is CCCN(CC(=O)Nc1ccccc1C)C(=O)CSc1ccc(C)cc1. The highest BCUT2D eigenvalue weighted by molar-refractivity contribution is 8.00. The minimum Gasteiger partial charge on any atom is -0.333 e. The van der Waals surface area contributed by atoms with Crippen LogP contribution in [0.3, 0.4) is 0 Å². The second-order valence-electron chi connectivity index (χ2n) is 6.28. The lowest BCUT2D eigenvalue weighted by Crippen LogP contribution is -2.39. The Morgan fingerprint density at radius 3 is 2.38 bits per heavy atom. The number of nitrogens with one attached hydrogen (secondary N) is 1. The zero-order valence-electron chi connectivity index (χ0n) is 15.6. The Hall–Kier alpha value is -2.27. The molecule has 0 fully saturated rings. The molecule has 0 saturated carbocycles. The Morgan fingerprint density at radius 1 is 1.04 bits per heavy atom. The first-order valence-electron chi connectivity index (χ1n) is 8.82. The number of anilines is 1. The van der Waals surface area contributed by atoms with Crippen LogP contribution in [0.5, 0.6) is 0 Å². The van der Waals surface area contributed by atoms with Gasteiger partial charge in [-0.1, -0.05) is 42.8 Å². The number of carbonyl (C=O) groups is 2. The van der Waals surface area contributed by atoms with E-state index in [-0.39, 0.29) is 18.4 Å². The molecule has 2 aromatic rings. The number of hydrogen-bond acceptors (Lipinski definition) is 3. The summed E-state index contributed by atoms with van der Waals surface area (Å²) in [6.07, 6.45) is 0.818. The fourth-order valence-electron chi connectivity index (χ4n) is 2.51. The van der Waals surface area contributed by atoms with E-state index < -0.39 is 0 Å². The normalized spacial score (nSPS) is 10.4. The molecule has 26 heavy (non-hydrogen) atoms. The van der Waals surface area contributed by atoms with E-state index in [1.807, 2.05) is 69.3 Å². The molecule has 0 atom stereocenters. The molecule has 1 N–H and O–H groups in total. The van der Waals surface area contributed by atoms with Crippen molar-refractivity contribution in [2.45, 2.75) is 32.1 Å². The van der Waals surface area contributed by atoms with E-state index in [0.717, 1.165) is 22.6 Å². The fourth-order valence-corrected chi connectivity index (χ4v) is 3.31. The van der Waals surface area contributed by atoms with Crippen molar-refractivity contribution < 1.29 is 9.59 Å². The molecule has 0 bridgehead atoms. The predicted molar refractivity (Wildman–Crippen MR) is 109 cm³/mol. The molecule has 138 valence electrons. The molecule has 0 spiro atoms. The largest absolute Gasteiger partial charge is 0.333 e. The van der Waals surface area contributed by atoms with Gasteiger partial charge in [0.1, 0.15) is 0 Å². The van der Waals surface area contributed by atoms with Crippen LogP contribution >= 0.6 is 11.8 Å². The van der Waals surface area contributed by atoms with E-state index in [4.69, 9.17) is 0 Å². The van der Waals surface area contributed by atoms with Crippen LogP contribution in [0.15, 0.2) is 53.4 Å². The standard InChI is InChI=1S/C21H26N2O2S/c1-4-13-23(14-20(24)22-19-8-6-5-7-17(19)3)21(25)15-26-18-11-9-16(2)10-12-18/h5-12H,4,13-15H2,1-3H3,(H,22,24). The first-order chi connectivity index (χ1) is 12.5. The van der Waals surface area contributed by atoms with Gasteiger partial charge in [0.2, 0.25) is 11.8 Å². The monoisotopic (exact) mass is 370 g/mol. The van der Waals surface area contributed by atoms with Gasteiger partial charge in [0.15, 0.2) is 0 Å². The van der Waals surface area contributed by atoms with Crippen molar-refractivity contribution in [2.24, 2.45) is 0 Å². The Bertz CT molecular complexity index is 744. The van der Waals surface area contributed by atoms with Crippen LogP contribution in [0.1, 0.15) is 24.5 Å². The quantitative estimate of drug-likeness (QED) is 0.706. The topological polar surface area (TPSA) is 49.4 Å². The molecule has 0 aliphatic rings. The first kappa shape index (κ1) is 20.0. The summed E-state index contributed by atoms with van der Waals surface area (Å²) in [5.74, 6) is 0.152. The summed E-state index contributed by atoms with van der Waals surface area (Å²) < 4.78 is 0. The van der Waals surface area contributed by atoms with E-state index in [1.54, 1.807) is 4.90 Å². The molecule has 4 nitrogen and oxygen atoms in total. The summed E-state index contributed by atoms with van der Waals surface area (Å²) in [7, 11) is 0. The highest BCUT2D eigenvalue weighted by Gasteiger charge is 2.17. The van der Waals surface area contributed by atoms with Crippen molar-refractivity contribution in [2.75, 3.05) is 24.2 Å². The molecule has 2 amide bonds. The van der Waals surface area contributed by atoms with Gasteiger partial charge in [0.05, 0.1) is 12.3 Å². The van der Waals surface area contributed by atoms with Crippen LogP contribution in [0, 0.1) is 13.8 Å². The molecule has 2 rings (SSSR count). The van der Waals surface area contributed by atoms with Gasteiger partial charge in [-0.25, -0.2) is 0 Å². The highest BCUT2D eigenvalue weighted by Crippen LogP contribution is 2.19. The van der Waals surface area contributed by atoms with Crippen LogP contribution in [0.4, 0.5) is 5.69 Å². The van der Waals surface area contributed by atoms with Crippen LogP contribution in [-0.2, 0) is 9.59 Å². The zero-order valence-corrected chi connectivity index (χ0v) is 16.4. The van der Waals surface area contributed by atoms with Crippen LogP contribution in [0.2, 0.25) is 0 Å². The Kier molecular flexibility index (Phi) is 7.73. The summed E-state index contributed by atoms with van der Waals surface area (Å²) in [4.78, 5) is 27.6. The van der Waals surface area contributed by atoms with E-state index in [9.17, 15) is 9.59 Å². The van der Waals surface area contributed by atoms with Gasteiger partial charge in [-0.15, -0.1) is 11.8 Å². The molecule has 0 heterocycles. The molecule has 0 unspecified atom stereocenters. The summed E-state index contributed by atoms with van der Waals surface area (Å²) in [5, 5.41) is 2.89. The average Bonchev–Trinajstić information content (AvgIpc) is 2.62. The molecular formula is C21H26N2O2S. The van der Waals surface area contributed by atoms with Crippen LogP contribution < -0.4 is 5.32 Å². The molecule has 0 aliphatic carbocycles. The lowest BCUT2D eigenvalue weighted by Gasteiger charge is -2.21. The van der Waals surface area contributed by atoms with Crippen molar-refractivity contribution in [3.63, 3.8) is 0 Å². The number of para-hydroxylation sites is 1. The maximum absolute atomic E-state index is 12.6.